The number of hydrogen-bond donors (Lipinski definition) is 1. The summed E-state index contributed by atoms with van der Waals surface area (Å²) in [5.41, 5.74) is 2.68. The molecule has 1 nitrogen and oxygen atoms in total. The second kappa shape index (κ2) is 5.28. The largest absolute Gasteiger partial charge is 0.392 e. The Morgan fingerprint density at radius 1 is 1.05 bits per heavy atom. The number of fused-ring (bicyclic) bond motifs is 1. The molecule has 104 valence electrons. The Balaban J connectivity index is 1.59. The molecule has 0 heterocycles. The van der Waals surface area contributed by atoms with Gasteiger partial charge in [-0.2, -0.15) is 0 Å². The molecule has 0 aromatic heterocycles. The van der Waals surface area contributed by atoms with Crippen LogP contribution in [-0.4, -0.2) is 11.2 Å². The van der Waals surface area contributed by atoms with Gasteiger partial charge in [-0.25, -0.2) is 0 Å². The normalized spacial score (nSPS) is 31.1. The van der Waals surface area contributed by atoms with E-state index in [0.717, 1.165) is 18.3 Å². The monoisotopic (exact) mass is 258 g/mol. The van der Waals surface area contributed by atoms with Gasteiger partial charge < -0.3 is 5.11 Å². The Hall–Kier alpha value is -0.820. The van der Waals surface area contributed by atoms with Crippen LogP contribution in [0.3, 0.4) is 0 Å². The van der Waals surface area contributed by atoms with E-state index in [9.17, 15) is 5.11 Å². The van der Waals surface area contributed by atoms with E-state index in [1.165, 1.54) is 36.8 Å². The Morgan fingerprint density at radius 2 is 1.63 bits per heavy atom. The van der Waals surface area contributed by atoms with Gasteiger partial charge in [-0.3, -0.25) is 0 Å². The van der Waals surface area contributed by atoms with Crippen molar-refractivity contribution in [3.8, 4) is 0 Å². The van der Waals surface area contributed by atoms with Crippen LogP contribution in [0, 0.1) is 17.8 Å². The van der Waals surface area contributed by atoms with Crippen LogP contribution in [0.5, 0.6) is 0 Å². The molecule has 2 fully saturated rings. The molecule has 2 saturated carbocycles. The second-order valence-corrected chi connectivity index (χ2v) is 6.86. The van der Waals surface area contributed by atoms with Gasteiger partial charge in [0.1, 0.15) is 0 Å². The SMILES string of the molecule is CC(C)c1ccc(CC(O)C2C3CCCCC32)cc1. The quantitative estimate of drug-likeness (QED) is 0.860. The van der Waals surface area contributed by atoms with Gasteiger partial charge in [-0.15, -0.1) is 0 Å². The van der Waals surface area contributed by atoms with E-state index in [0.29, 0.717) is 11.8 Å². The average molecular weight is 258 g/mol. The number of aliphatic hydroxyl groups excluding tert-OH is 1. The summed E-state index contributed by atoms with van der Waals surface area (Å²) in [6, 6.07) is 8.83. The second-order valence-electron chi connectivity index (χ2n) is 6.86. The van der Waals surface area contributed by atoms with Crippen molar-refractivity contribution in [2.24, 2.45) is 17.8 Å². The lowest BCUT2D eigenvalue weighted by atomic mass is 9.98. The first-order chi connectivity index (χ1) is 9.16. The lowest BCUT2D eigenvalue weighted by Crippen LogP contribution is -2.15. The highest BCUT2D eigenvalue weighted by Crippen LogP contribution is 2.57. The first kappa shape index (κ1) is 13.2. The molecule has 3 atom stereocenters. The molecule has 3 unspecified atom stereocenters. The molecule has 1 aromatic rings. The lowest BCUT2D eigenvalue weighted by Gasteiger charge is -2.12. The molecule has 1 heteroatoms. The number of aliphatic hydroxyl groups is 1. The minimum atomic E-state index is -0.113. The average Bonchev–Trinajstić information content (AvgIpc) is 3.13. The molecular weight excluding hydrogens is 232 g/mol. The van der Waals surface area contributed by atoms with Crippen LogP contribution in [0.15, 0.2) is 24.3 Å². The topological polar surface area (TPSA) is 20.2 Å². The molecule has 0 radical (unpaired) electrons. The minimum Gasteiger partial charge on any atom is -0.392 e. The molecular formula is C18H26O. The highest BCUT2D eigenvalue weighted by atomic mass is 16.3. The summed E-state index contributed by atoms with van der Waals surface area (Å²) in [5, 5.41) is 10.5. The van der Waals surface area contributed by atoms with Gasteiger partial charge in [0.2, 0.25) is 0 Å². The molecule has 1 N–H and O–H groups in total. The smallest absolute Gasteiger partial charge is 0.0614 e. The lowest BCUT2D eigenvalue weighted by molar-refractivity contribution is 0.140. The maximum Gasteiger partial charge on any atom is 0.0614 e. The van der Waals surface area contributed by atoms with E-state index >= 15 is 0 Å². The van der Waals surface area contributed by atoms with Gasteiger partial charge in [0.25, 0.3) is 0 Å². The van der Waals surface area contributed by atoms with Gasteiger partial charge in [0, 0.05) is 0 Å². The molecule has 0 bridgehead atoms. The van der Waals surface area contributed by atoms with Crippen molar-refractivity contribution in [3.63, 3.8) is 0 Å². The maximum absolute atomic E-state index is 10.5. The molecule has 3 rings (SSSR count). The fraction of sp³-hybridized carbons (Fsp3) is 0.667. The molecule has 1 aromatic carbocycles. The fourth-order valence-corrected chi connectivity index (χ4v) is 4.03. The van der Waals surface area contributed by atoms with Crippen LogP contribution < -0.4 is 0 Å². The molecule has 2 aliphatic carbocycles. The molecule has 2 aliphatic rings. The van der Waals surface area contributed by atoms with Crippen LogP contribution in [0.1, 0.15) is 56.6 Å². The van der Waals surface area contributed by atoms with Crippen LogP contribution in [0.4, 0.5) is 0 Å². The van der Waals surface area contributed by atoms with Gasteiger partial charge >= 0.3 is 0 Å². The van der Waals surface area contributed by atoms with Crippen molar-refractivity contribution in [3.05, 3.63) is 35.4 Å². The predicted molar refractivity (Wildman–Crippen MR) is 79.2 cm³/mol. The van der Waals surface area contributed by atoms with E-state index in [4.69, 9.17) is 0 Å². The highest BCUT2D eigenvalue weighted by Gasteiger charge is 2.53. The standard InChI is InChI=1S/C18H26O/c1-12(2)14-9-7-13(8-10-14)11-17(19)18-15-5-3-4-6-16(15)18/h7-10,12,15-19H,3-6,11H2,1-2H3. The first-order valence-electron chi connectivity index (χ1n) is 7.93. The summed E-state index contributed by atoms with van der Waals surface area (Å²) in [4.78, 5) is 0. The molecule has 0 saturated heterocycles. The predicted octanol–water partition coefficient (Wildman–Crippen LogP) is 4.15. The van der Waals surface area contributed by atoms with Crippen LogP contribution in [0.2, 0.25) is 0 Å². The Labute approximate surface area is 117 Å². The minimum absolute atomic E-state index is 0.113. The first-order valence-corrected chi connectivity index (χ1v) is 7.93. The maximum atomic E-state index is 10.5. The van der Waals surface area contributed by atoms with Crippen molar-refractivity contribution in [2.75, 3.05) is 0 Å². The zero-order valence-electron chi connectivity index (χ0n) is 12.2. The summed E-state index contributed by atoms with van der Waals surface area (Å²) >= 11 is 0. The summed E-state index contributed by atoms with van der Waals surface area (Å²) in [5.74, 6) is 2.88. The van der Waals surface area contributed by atoms with Crippen molar-refractivity contribution < 1.29 is 5.11 Å². The van der Waals surface area contributed by atoms with Crippen molar-refractivity contribution in [1.29, 1.82) is 0 Å². The third kappa shape index (κ3) is 2.72. The molecule has 0 aliphatic heterocycles. The van der Waals surface area contributed by atoms with E-state index in [2.05, 4.69) is 38.1 Å². The zero-order valence-corrected chi connectivity index (χ0v) is 12.2. The molecule has 0 spiro atoms. The highest BCUT2D eigenvalue weighted by molar-refractivity contribution is 5.25. The van der Waals surface area contributed by atoms with E-state index < -0.39 is 0 Å². The number of hydrogen-bond acceptors (Lipinski definition) is 1. The summed E-state index contributed by atoms with van der Waals surface area (Å²) in [6.07, 6.45) is 6.21. The Bertz CT molecular complexity index is 408. The Morgan fingerprint density at radius 3 is 2.16 bits per heavy atom. The van der Waals surface area contributed by atoms with Gasteiger partial charge in [-0.05, 0) is 54.1 Å². The van der Waals surface area contributed by atoms with Crippen molar-refractivity contribution in [1.82, 2.24) is 0 Å². The van der Waals surface area contributed by atoms with Gasteiger partial charge in [-0.1, -0.05) is 51.0 Å². The number of benzene rings is 1. The Kier molecular flexibility index (Phi) is 3.66. The molecule has 19 heavy (non-hydrogen) atoms. The van der Waals surface area contributed by atoms with Crippen LogP contribution >= 0.6 is 0 Å². The van der Waals surface area contributed by atoms with Gasteiger partial charge in [0.15, 0.2) is 0 Å². The summed E-state index contributed by atoms with van der Waals surface area (Å²) < 4.78 is 0. The zero-order chi connectivity index (χ0) is 13.4. The van der Waals surface area contributed by atoms with Gasteiger partial charge in [0.05, 0.1) is 6.10 Å². The molecule has 0 amide bonds. The van der Waals surface area contributed by atoms with E-state index in [-0.39, 0.29) is 6.10 Å². The third-order valence-electron chi connectivity index (χ3n) is 5.26. The summed E-state index contributed by atoms with van der Waals surface area (Å²) in [7, 11) is 0. The van der Waals surface area contributed by atoms with Crippen LogP contribution in [-0.2, 0) is 6.42 Å². The van der Waals surface area contributed by atoms with Crippen molar-refractivity contribution >= 4 is 0 Å². The van der Waals surface area contributed by atoms with Crippen molar-refractivity contribution in [2.45, 2.75) is 58.0 Å². The van der Waals surface area contributed by atoms with E-state index in [1.807, 2.05) is 0 Å². The third-order valence-corrected chi connectivity index (χ3v) is 5.26. The summed E-state index contributed by atoms with van der Waals surface area (Å²) in [6.45, 7) is 4.44. The fourth-order valence-electron chi connectivity index (χ4n) is 4.03. The van der Waals surface area contributed by atoms with Crippen LogP contribution in [0.25, 0.3) is 0 Å². The number of rotatable bonds is 4. The van der Waals surface area contributed by atoms with E-state index in [1.54, 1.807) is 0 Å².